The molecule has 0 aliphatic heterocycles. The average molecular weight is 832 g/mol. The molecular weight excluding hydrogens is 795 g/mol. The Balaban J connectivity index is 0.969. The summed E-state index contributed by atoms with van der Waals surface area (Å²) in [4.78, 5) is 0. The Morgan fingerprint density at radius 1 is 0.219 bits per heavy atom. The molecule has 0 saturated heterocycles. The van der Waals surface area contributed by atoms with E-state index in [1.807, 2.05) is 11.3 Å². The smallest absolute Gasteiger partial charge is 0.0542 e. The molecule has 14 rings (SSSR count). The summed E-state index contributed by atoms with van der Waals surface area (Å²) in [5, 5.41) is 10.1. The molecule has 4 heterocycles. The van der Waals surface area contributed by atoms with E-state index in [9.17, 15) is 0 Å². The van der Waals surface area contributed by atoms with Crippen molar-refractivity contribution in [1.29, 1.82) is 0 Å². The molecule has 10 aromatic carbocycles. The highest BCUT2D eigenvalue weighted by molar-refractivity contribution is 7.25. The number of para-hydroxylation sites is 4. The highest BCUT2D eigenvalue weighted by Crippen LogP contribution is 2.41. The topological polar surface area (TPSA) is 14.8 Å². The maximum Gasteiger partial charge on any atom is 0.0542 e. The van der Waals surface area contributed by atoms with Crippen molar-refractivity contribution >= 4 is 96.9 Å². The van der Waals surface area contributed by atoms with Crippen molar-refractivity contribution in [2.24, 2.45) is 0 Å². The first-order valence-corrected chi connectivity index (χ1v) is 22.7. The summed E-state index contributed by atoms with van der Waals surface area (Å²) in [6.07, 6.45) is 0. The van der Waals surface area contributed by atoms with Gasteiger partial charge in [-0.25, -0.2) is 0 Å². The van der Waals surface area contributed by atoms with Crippen LogP contribution in [0.1, 0.15) is 0 Å². The minimum Gasteiger partial charge on any atom is -0.309 e. The summed E-state index contributed by atoms with van der Waals surface area (Å²) in [5.74, 6) is 0. The Bertz CT molecular complexity index is 3930. The van der Waals surface area contributed by atoms with Crippen LogP contribution in [0.2, 0.25) is 0 Å². The lowest BCUT2D eigenvalue weighted by atomic mass is 9.97. The number of aromatic nitrogens is 3. The van der Waals surface area contributed by atoms with E-state index in [4.69, 9.17) is 0 Å². The Kier molecular flexibility index (Phi) is 7.56. The van der Waals surface area contributed by atoms with Gasteiger partial charge in [-0.05, 0) is 119 Å². The Morgan fingerprint density at radius 3 is 1.14 bits per heavy atom. The molecule has 0 saturated carbocycles. The van der Waals surface area contributed by atoms with Crippen LogP contribution in [-0.2, 0) is 0 Å². The van der Waals surface area contributed by atoms with Gasteiger partial charge in [-0.3, -0.25) is 0 Å². The number of fused-ring (bicyclic) bond motifs is 12. The molecule has 298 valence electrons. The number of benzene rings is 10. The molecule has 0 amide bonds. The first-order valence-electron chi connectivity index (χ1n) is 21.9. The fraction of sp³-hybridized carbons (Fsp3) is 0. The lowest BCUT2D eigenvalue weighted by molar-refractivity contribution is 1.16. The minimum absolute atomic E-state index is 1.13. The quantitative estimate of drug-likeness (QED) is 0.164. The van der Waals surface area contributed by atoms with Gasteiger partial charge in [-0.2, -0.15) is 0 Å². The van der Waals surface area contributed by atoms with Crippen LogP contribution in [-0.4, -0.2) is 13.7 Å². The molecule has 4 aromatic heterocycles. The molecule has 4 heteroatoms. The van der Waals surface area contributed by atoms with Crippen molar-refractivity contribution in [3.63, 3.8) is 0 Å². The van der Waals surface area contributed by atoms with Gasteiger partial charge in [0.05, 0.1) is 33.1 Å². The number of rotatable bonds is 5. The van der Waals surface area contributed by atoms with Gasteiger partial charge in [-0.1, -0.05) is 127 Å². The summed E-state index contributed by atoms with van der Waals surface area (Å²) in [5.41, 5.74) is 15.4. The maximum atomic E-state index is 2.46. The van der Waals surface area contributed by atoms with Crippen LogP contribution in [0.4, 0.5) is 0 Å². The van der Waals surface area contributed by atoms with E-state index in [1.54, 1.807) is 0 Å². The van der Waals surface area contributed by atoms with Gasteiger partial charge in [0.2, 0.25) is 0 Å². The van der Waals surface area contributed by atoms with Crippen molar-refractivity contribution in [2.45, 2.75) is 0 Å². The van der Waals surface area contributed by atoms with E-state index in [1.165, 1.54) is 108 Å². The normalized spacial score (nSPS) is 12.1. The van der Waals surface area contributed by atoms with Gasteiger partial charge in [0.15, 0.2) is 0 Å². The number of hydrogen-bond donors (Lipinski definition) is 0. The molecule has 64 heavy (non-hydrogen) atoms. The molecule has 0 fully saturated rings. The van der Waals surface area contributed by atoms with E-state index >= 15 is 0 Å². The van der Waals surface area contributed by atoms with Gasteiger partial charge in [0.25, 0.3) is 0 Å². The average Bonchev–Trinajstić information content (AvgIpc) is 4.10. The van der Waals surface area contributed by atoms with Gasteiger partial charge in [-0.15, -0.1) is 11.3 Å². The van der Waals surface area contributed by atoms with E-state index in [0.717, 1.165) is 17.1 Å². The summed E-state index contributed by atoms with van der Waals surface area (Å²) in [6, 6.07) is 82.8. The number of hydrogen-bond acceptors (Lipinski definition) is 1. The van der Waals surface area contributed by atoms with Crippen LogP contribution in [0.15, 0.2) is 224 Å². The van der Waals surface area contributed by atoms with E-state index in [-0.39, 0.29) is 0 Å². The Morgan fingerprint density at radius 2 is 0.609 bits per heavy atom. The van der Waals surface area contributed by atoms with Crippen LogP contribution >= 0.6 is 11.3 Å². The van der Waals surface area contributed by atoms with E-state index in [2.05, 4.69) is 238 Å². The van der Waals surface area contributed by atoms with Crippen molar-refractivity contribution < 1.29 is 0 Å². The number of nitrogens with zero attached hydrogens (tertiary/aromatic N) is 3. The van der Waals surface area contributed by atoms with E-state index < -0.39 is 0 Å². The summed E-state index contributed by atoms with van der Waals surface area (Å²) in [7, 11) is 0. The summed E-state index contributed by atoms with van der Waals surface area (Å²) >= 11 is 1.86. The van der Waals surface area contributed by atoms with Gasteiger partial charge in [0.1, 0.15) is 0 Å². The molecule has 0 radical (unpaired) electrons. The third kappa shape index (κ3) is 5.21. The first-order chi connectivity index (χ1) is 31.7. The zero-order chi connectivity index (χ0) is 41.9. The second-order valence-electron chi connectivity index (χ2n) is 16.9. The Labute approximate surface area is 372 Å². The van der Waals surface area contributed by atoms with Gasteiger partial charge < -0.3 is 13.7 Å². The van der Waals surface area contributed by atoms with Crippen LogP contribution in [0.25, 0.3) is 125 Å². The lowest BCUT2D eigenvalue weighted by Gasteiger charge is -2.13. The molecule has 3 nitrogen and oxygen atoms in total. The molecule has 0 atom stereocenters. The molecule has 0 bridgehead atoms. The zero-order valence-electron chi connectivity index (χ0n) is 34.6. The molecular formula is C60H37N3S. The third-order valence-electron chi connectivity index (χ3n) is 13.4. The largest absolute Gasteiger partial charge is 0.309 e. The minimum atomic E-state index is 1.13. The van der Waals surface area contributed by atoms with Crippen LogP contribution in [0.5, 0.6) is 0 Å². The molecule has 14 aromatic rings. The third-order valence-corrected chi connectivity index (χ3v) is 14.6. The van der Waals surface area contributed by atoms with Crippen LogP contribution < -0.4 is 0 Å². The monoisotopic (exact) mass is 831 g/mol. The first kappa shape index (κ1) is 35.4. The second-order valence-corrected chi connectivity index (χ2v) is 18.0. The van der Waals surface area contributed by atoms with Crippen LogP contribution in [0.3, 0.4) is 0 Å². The molecule has 0 aliphatic carbocycles. The number of thiophene rings is 1. The molecule has 0 aliphatic rings. The predicted octanol–water partition coefficient (Wildman–Crippen LogP) is 16.7. The maximum absolute atomic E-state index is 2.46. The van der Waals surface area contributed by atoms with Crippen molar-refractivity contribution in [1.82, 2.24) is 13.7 Å². The zero-order valence-corrected chi connectivity index (χ0v) is 35.4. The van der Waals surface area contributed by atoms with Crippen molar-refractivity contribution in [3.05, 3.63) is 224 Å². The van der Waals surface area contributed by atoms with Crippen molar-refractivity contribution in [2.75, 3.05) is 0 Å². The highest BCUT2D eigenvalue weighted by atomic mass is 32.1. The summed E-state index contributed by atoms with van der Waals surface area (Å²) < 4.78 is 9.96. The lowest BCUT2D eigenvalue weighted by Crippen LogP contribution is -1.96. The molecule has 0 N–H and O–H groups in total. The summed E-state index contributed by atoms with van der Waals surface area (Å²) in [6.45, 7) is 0. The molecule has 0 spiro atoms. The van der Waals surface area contributed by atoms with Gasteiger partial charge >= 0.3 is 0 Å². The Hall–Kier alpha value is -8.18. The SMILES string of the molecule is c1cc(-c2cccc(-n3c4ccc(-n5c6ccccc6c6ccccc65)cc4c4cc(-n5c6ccccc6c6ccccc65)ccc43)c2)cc(-c2ccc3sc4ccccc4c3c2)c1. The van der Waals surface area contributed by atoms with Gasteiger partial charge in [0, 0.05) is 69.6 Å². The van der Waals surface area contributed by atoms with Crippen molar-refractivity contribution in [3.8, 4) is 39.3 Å². The second kappa shape index (κ2) is 13.7. The fourth-order valence-corrected chi connectivity index (χ4v) is 11.7. The predicted molar refractivity (Wildman–Crippen MR) is 273 cm³/mol. The van der Waals surface area contributed by atoms with Crippen LogP contribution in [0, 0.1) is 0 Å². The standard InChI is InChI=1S/C60H37N3S/c1-6-22-53-45(17-1)46-18-2-7-23-54(46)62(53)43-28-30-57-50(36-43)51-37-44(63-55-24-8-3-19-47(55)48-20-4-9-25-56(48)63)29-31-58(51)61(57)42-16-12-15-40(34-42)38-13-11-14-39(33-38)41-27-32-60-52(35-41)49-21-5-10-26-59(49)64-60/h1-37H. The van der Waals surface area contributed by atoms with E-state index in [0.29, 0.717) is 0 Å². The highest BCUT2D eigenvalue weighted by Gasteiger charge is 2.19. The molecule has 0 unspecified atom stereocenters. The fourth-order valence-electron chi connectivity index (χ4n) is 10.6.